The Kier molecular flexibility index (Phi) is 3.59. The number of hydrogen-bond donors (Lipinski definition) is 0. The lowest BCUT2D eigenvalue weighted by atomic mass is 9.98. The van der Waals surface area contributed by atoms with Gasteiger partial charge in [-0.25, -0.2) is 0 Å². The number of carbonyl (C=O) groups is 1. The molecule has 0 aliphatic rings. The maximum atomic E-state index is 11.4. The summed E-state index contributed by atoms with van der Waals surface area (Å²) in [5, 5.41) is 11.2. The van der Waals surface area contributed by atoms with E-state index >= 15 is 0 Å². The van der Waals surface area contributed by atoms with E-state index in [1.54, 1.807) is 0 Å². The van der Waals surface area contributed by atoms with Crippen LogP contribution in [0.2, 0.25) is 0 Å². The summed E-state index contributed by atoms with van der Waals surface area (Å²) in [4.78, 5) is 11.4. The Hall–Kier alpha value is -2.34. The van der Waals surface area contributed by atoms with Gasteiger partial charge in [-0.2, -0.15) is 5.26 Å². The predicted molar refractivity (Wildman–Crippen MR) is 68.8 cm³/mol. The van der Waals surface area contributed by atoms with Crippen molar-refractivity contribution >= 4 is 16.7 Å². The first-order valence-electron chi connectivity index (χ1n) is 5.69. The Morgan fingerprint density at radius 1 is 1.28 bits per heavy atom. The summed E-state index contributed by atoms with van der Waals surface area (Å²) < 4.78 is 4.60. The normalized spacial score (nSPS) is 11.8. The van der Waals surface area contributed by atoms with Gasteiger partial charge in [0.2, 0.25) is 0 Å². The molecule has 0 bridgehead atoms. The molecule has 3 nitrogen and oxygen atoms in total. The Morgan fingerprint density at radius 3 is 2.67 bits per heavy atom. The van der Waals surface area contributed by atoms with Gasteiger partial charge in [-0.05, 0) is 22.8 Å². The van der Waals surface area contributed by atoms with Crippen molar-refractivity contribution < 1.29 is 9.53 Å². The van der Waals surface area contributed by atoms with E-state index in [-0.39, 0.29) is 0 Å². The maximum Gasteiger partial charge on any atom is 0.323 e. The molecule has 0 amide bonds. The Labute approximate surface area is 106 Å². The molecule has 2 rings (SSSR count). The third-order valence-electron chi connectivity index (χ3n) is 2.90. The second-order valence-electron chi connectivity index (χ2n) is 4.09. The van der Waals surface area contributed by atoms with Gasteiger partial charge in [-0.3, -0.25) is 4.79 Å². The molecule has 0 aliphatic heterocycles. The first-order chi connectivity index (χ1) is 8.74. The number of fused-ring (bicyclic) bond motifs is 1. The summed E-state index contributed by atoms with van der Waals surface area (Å²) in [6, 6.07) is 15.9. The molecular weight excluding hydrogens is 226 g/mol. The van der Waals surface area contributed by atoms with Gasteiger partial charge in [0.15, 0.2) is 0 Å². The van der Waals surface area contributed by atoms with Crippen LogP contribution < -0.4 is 0 Å². The van der Waals surface area contributed by atoms with Gasteiger partial charge in [0.25, 0.3) is 0 Å². The van der Waals surface area contributed by atoms with Gasteiger partial charge in [0, 0.05) is 0 Å². The summed E-state index contributed by atoms with van der Waals surface area (Å²) in [5.41, 5.74) is 0.964. The Bertz CT molecular complexity index is 613. The fourth-order valence-corrected chi connectivity index (χ4v) is 1.93. The molecule has 0 heterocycles. The summed E-state index contributed by atoms with van der Waals surface area (Å²) >= 11 is 0. The third-order valence-corrected chi connectivity index (χ3v) is 2.90. The monoisotopic (exact) mass is 239 g/mol. The second kappa shape index (κ2) is 5.33. The number of carbonyl (C=O) groups excluding carboxylic acids is 1. The standard InChI is InChI=1S/C15H13NO2/c1-18-15(17)14(10-16)9-11-6-7-12-4-2-3-5-13(12)8-11/h2-8,14H,9H2,1H3. The molecule has 0 saturated heterocycles. The van der Waals surface area contributed by atoms with Gasteiger partial charge in [0.1, 0.15) is 5.92 Å². The summed E-state index contributed by atoms with van der Waals surface area (Å²) in [7, 11) is 1.30. The van der Waals surface area contributed by atoms with Crippen molar-refractivity contribution in [1.82, 2.24) is 0 Å². The molecule has 18 heavy (non-hydrogen) atoms. The number of nitrogens with zero attached hydrogens (tertiary/aromatic N) is 1. The average molecular weight is 239 g/mol. The minimum atomic E-state index is -0.740. The minimum absolute atomic E-state index is 0.383. The van der Waals surface area contributed by atoms with E-state index in [4.69, 9.17) is 5.26 Å². The number of esters is 1. The number of hydrogen-bond acceptors (Lipinski definition) is 3. The smallest absolute Gasteiger partial charge is 0.323 e. The highest BCUT2D eigenvalue weighted by Gasteiger charge is 2.18. The molecule has 0 saturated carbocycles. The Balaban J connectivity index is 2.26. The van der Waals surface area contributed by atoms with Crippen molar-refractivity contribution in [3.05, 3.63) is 48.0 Å². The molecule has 1 atom stereocenters. The molecule has 2 aromatic rings. The van der Waals surface area contributed by atoms with Crippen molar-refractivity contribution in [3.63, 3.8) is 0 Å². The minimum Gasteiger partial charge on any atom is -0.468 e. The van der Waals surface area contributed by atoms with E-state index in [1.165, 1.54) is 7.11 Å². The zero-order valence-corrected chi connectivity index (χ0v) is 10.1. The highest BCUT2D eigenvalue weighted by Crippen LogP contribution is 2.18. The molecule has 0 aromatic heterocycles. The van der Waals surface area contributed by atoms with Gasteiger partial charge < -0.3 is 4.74 Å². The number of rotatable bonds is 3. The molecule has 2 aromatic carbocycles. The molecule has 0 radical (unpaired) electrons. The average Bonchev–Trinajstić information content (AvgIpc) is 2.43. The number of ether oxygens (including phenoxy) is 1. The van der Waals surface area contributed by atoms with E-state index < -0.39 is 11.9 Å². The molecular formula is C15H13NO2. The van der Waals surface area contributed by atoms with Crippen LogP contribution in [-0.4, -0.2) is 13.1 Å². The molecule has 0 N–H and O–H groups in total. The van der Waals surface area contributed by atoms with Crippen LogP contribution in [0.25, 0.3) is 10.8 Å². The summed E-state index contributed by atoms with van der Waals surface area (Å²) in [6.45, 7) is 0. The van der Waals surface area contributed by atoms with Crippen LogP contribution in [-0.2, 0) is 16.0 Å². The molecule has 0 aliphatic carbocycles. The SMILES string of the molecule is COC(=O)C(C#N)Cc1ccc2ccccc2c1. The third kappa shape index (κ3) is 2.49. The van der Waals surface area contributed by atoms with Crippen molar-refractivity contribution in [2.24, 2.45) is 5.92 Å². The van der Waals surface area contributed by atoms with E-state index in [0.717, 1.165) is 16.3 Å². The fourth-order valence-electron chi connectivity index (χ4n) is 1.93. The van der Waals surface area contributed by atoms with Crippen LogP contribution in [0, 0.1) is 17.2 Å². The van der Waals surface area contributed by atoms with Crippen LogP contribution >= 0.6 is 0 Å². The second-order valence-corrected chi connectivity index (χ2v) is 4.09. The maximum absolute atomic E-state index is 11.4. The number of methoxy groups -OCH3 is 1. The first-order valence-corrected chi connectivity index (χ1v) is 5.69. The van der Waals surface area contributed by atoms with Crippen molar-refractivity contribution in [2.45, 2.75) is 6.42 Å². The van der Waals surface area contributed by atoms with E-state index in [0.29, 0.717) is 6.42 Å². The largest absolute Gasteiger partial charge is 0.468 e. The highest BCUT2D eigenvalue weighted by molar-refractivity contribution is 5.83. The number of nitriles is 1. The Morgan fingerprint density at radius 2 is 2.00 bits per heavy atom. The molecule has 0 spiro atoms. The van der Waals surface area contributed by atoms with E-state index in [9.17, 15) is 4.79 Å². The topological polar surface area (TPSA) is 50.1 Å². The van der Waals surface area contributed by atoms with Gasteiger partial charge in [-0.15, -0.1) is 0 Å². The van der Waals surface area contributed by atoms with Crippen LogP contribution in [0.3, 0.4) is 0 Å². The van der Waals surface area contributed by atoms with Crippen LogP contribution in [0.1, 0.15) is 5.56 Å². The van der Waals surface area contributed by atoms with Crippen LogP contribution in [0.4, 0.5) is 0 Å². The number of benzene rings is 2. The summed E-state index contributed by atoms with van der Waals surface area (Å²) in [5.74, 6) is -1.22. The van der Waals surface area contributed by atoms with E-state index in [1.807, 2.05) is 48.5 Å². The zero-order chi connectivity index (χ0) is 13.0. The molecule has 0 fully saturated rings. The highest BCUT2D eigenvalue weighted by atomic mass is 16.5. The predicted octanol–water partition coefficient (Wildman–Crippen LogP) is 2.70. The van der Waals surface area contributed by atoms with Crippen molar-refractivity contribution in [2.75, 3.05) is 7.11 Å². The lowest BCUT2D eigenvalue weighted by Gasteiger charge is -2.07. The van der Waals surface area contributed by atoms with Gasteiger partial charge in [0.05, 0.1) is 13.2 Å². The molecule has 3 heteroatoms. The van der Waals surface area contributed by atoms with Crippen molar-refractivity contribution in [3.8, 4) is 6.07 Å². The van der Waals surface area contributed by atoms with Gasteiger partial charge >= 0.3 is 5.97 Å². The lowest BCUT2D eigenvalue weighted by Crippen LogP contribution is -2.16. The zero-order valence-electron chi connectivity index (χ0n) is 10.1. The fraction of sp³-hybridized carbons (Fsp3) is 0.200. The van der Waals surface area contributed by atoms with E-state index in [2.05, 4.69) is 4.74 Å². The van der Waals surface area contributed by atoms with Crippen molar-refractivity contribution in [1.29, 1.82) is 5.26 Å². The first kappa shape index (κ1) is 12.1. The molecule has 1 unspecified atom stereocenters. The van der Waals surface area contributed by atoms with Gasteiger partial charge in [-0.1, -0.05) is 42.5 Å². The lowest BCUT2D eigenvalue weighted by molar-refractivity contribution is -0.143. The molecule has 90 valence electrons. The van der Waals surface area contributed by atoms with Crippen LogP contribution in [0.5, 0.6) is 0 Å². The van der Waals surface area contributed by atoms with Crippen LogP contribution in [0.15, 0.2) is 42.5 Å². The summed E-state index contributed by atoms with van der Waals surface area (Å²) in [6.07, 6.45) is 0.383. The quantitative estimate of drug-likeness (QED) is 0.774.